The number of aromatic nitrogens is 2. The number of carbonyl (C=O) groups is 1. The minimum absolute atomic E-state index is 0.156. The van der Waals surface area contributed by atoms with E-state index in [1.807, 2.05) is 26.2 Å². The second kappa shape index (κ2) is 5.14. The Morgan fingerprint density at radius 2 is 2.32 bits per heavy atom. The van der Waals surface area contributed by atoms with Crippen molar-refractivity contribution in [3.05, 3.63) is 28.3 Å². The molecule has 19 heavy (non-hydrogen) atoms. The van der Waals surface area contributed by atoms with Gasteiger partial charge in [-0.15, -0.1) is 11.3 Å². The Bertz CT molecular complexity index is 579. The summed E-state index contributed by atoms with van der Waals surface area (Å²) in [5.74, 6) is -0.156. The summed E-state index contributed by atoms with van der Waals surface area (Å²) in [5, 5.41) is 5.78. The molecule has 0 bridgehead atoms. The van der Waals surface area contributed by atoms with Gasteiger partial charge in [-0.3, -0.25) is 4.79 Å². The number of carbonyl (C=O) groups excluding carboxylic acids is 1. The van der Waals surface area contributed by atoms with E-state index in [0.29, 0.717) is 12.2 Å². The van der Waals surface area contributed by atoms with Gasteiger partial charge in [-0.05, 0) is 26.8 Å². The van der Waals surface area contributed by atoms with Crippen molar-refractivity contribution in [1.29, 1.82) is 0 Å². The average molecular weight is 278 g/mol. The van der Waals surface area contributed by atoms with Gasteiger partial charge >= 0.3 is 0 Å². The van der Waals surface area contributed by atoms with Crippen molar-refractivity contribution >= 4 is 17.2 Å². The molecule has 0 saturated heterocycles. The van der Waals surface area contributed by atoms with Crippen LogP contribution in [0.1, 0.15) is 29.3 Å². The lowest BCUT2D eigenvalue weighted by atomic mass is 10.1. The molecule has 0 radical (unpaired) electrons. The molecule has 6 heteroatoms. The molecule has 4 N–H and O–H groups in total. The first-order chi connectivity index (χ1) is 8.85. The molecule has 0 spiro atoms. The highest BCUT2D eigenvalue weighted by atomic mass is 32.1. The number of H-pyrrole nitrogens is 1. The lowest BCUT2D eigenvalue weighted by Gasteiger charge is -2.18. The molecule has 102 valence electrons. The molecule has 2 heterocycles. The van der Waals surface area contributed by atoms with Crippen LogP contribution >= 0.6 is 11.3 Å². The first-order valence-corrected chi connectivity index (χ1v) is 6.91. The summed E-state index contributed by atoms with van der Waals surface area (Å²) in [6.07, 6.45) is 1.79. The van der Waals surface area contributed by atoms with Crippen molar-refractivity contribution in [2.24, 2.45) is 5.73 Å². The Labute approximate surface area is 116 Å². The molecule has 2 rings (SSSR count). The molecule has 2 aromatic rings. The molecule has 0 unspecified atom stereocenters. The Hall–Kier alpha value is -1.66. The van der Waals surface area contributed by atoms with Crippen LogP contribution in [0.5, 0.6) is 0 Å². The predicted octanol–water partition coefficient (Wildman–Crippen LogP) is 1.91. The fraction of sp³-hybridized carbons (Fsp3) is 0.385. The quantitative estimate of drug-likeness (QED) is 0.799. The van der Waals surface area contributed by atoms with E-state index in [4.69, 9.17) is 5.73 Å². The number of nitrogens with one attached hydrogen (secondary N) is 2. The van der Waals surface area contributed by atoms with Gasteiger partial charge in [0.15, 0.2) is 0 Å². The topological polar surface area (TPSA) is 83.8 Å². The van der Waals surface area contributed by atoms with Crippen molar-refractivity contribution in [3.8, 4) is 11.3 Å². The van der Waals surface area contributed by atoms with Crippen LogP contribution in [-0.4, -0.2) is 28.0 Å². The summed E-state index contributed by atoms with van der Waals surface area (Å²) in [4.78, 5) is 19.3. The molecule has 0 aliphatic heterocycles. The smallest absolute Gasteiger partial charge is 0.267 e. The number of rotatable bonds is 4. The summed E-state index contributed by atoms with van der Waals surface area (Å²) >= 11 is 1.59. The van der Waals surface area contributed by atoms with Gasteiger partial charge in [-0.1, -0.05) is 0 Å². The predicted molar refractivity (Wildman–Crippen MR) is 77.2 cm³/mol. The third-order valence-electron chi connectivity index (χ3n) is 2.55. The molecular weight excluding hydrogens is 260 g/mol. The summed E-state index contributed by atoms with van der Waals surface area (Å²) in [6, 6.07) is 1.80. The van der Waals surface area contributed by atoms with Crippen LogP contribution < -0.4 is 11.1 Å². The van der Waals surface area contributed by atoms with Crippen LogP contribution in [0.4, 0.5) is 0 Å². The largest absolute Gasteiger partial charge is 0.357 e. The third-order valence-corrected chi connectivity index (χ3v) is 3.32. The fourth-order valence-electron chi connectivity index (χ4n) is 1.57. The lowest BCUT2D eigenvalue weighted by molar-refractivity contribution is 0.0941. The number of amides is 1. The van der Waals surface area contributed by atoms with Crippen molar-refractivity contribution in [3.63, 3.8) is 0 Å². The Morgan fingerprint density at radius 1 is 1.58 bits per heavy atom. The average Bonchev–Trinajstić information content (AvgIpc) is 2.93. The summed E-state index contributed by atoms with van der Waals surface area (Å²) in [7, 11) is 0. The normalized spacial score (nSPS) is 11.6. The first kappa shape index (κ1) is 13.8. The highest BCUT2D eigenvalue weighted by molar-refractivity contribution is 7.09. The van der Waals surface area contributed by atoms with Gasteiger partial charge < -0.3 is 16.0 Å². The maximum absolute atomic E-state index is 11.9. The number of hydrogen-bond donors (Lipinski definition) is 3. The maximum Gasteiger partial charge on any atom is 0.267 e. The Balaban J connectivity index is 2.07. The summed E-state index contributed by atoms with van der Waals surface area (Å²) in [6.45, 7) is 6.12. The summed E-state index contributed by atoms with van der Waals surface area (Å²) < 4.78 is 0. The van der Waals surface area contributed by atoms with Crippen LogP contribution in [-0.2, 0) is 0 Å². The Kier molecular flexibility index (Phi) is 3.73. The molecule has 0 aliphatic rings. The van der Waals surface area contributed by atoms with E-state index >= 15 is 0 Å². The monoisotopic (exact) mass is 278 g/mol. The lowest BCUT2D eigenvalue weighted by Crippen LogP contribution is -2.45. The number of nitrogens with zero attached hydrogens (tertiary/aromatic N) is 1. The number of nitrogens with two attached hydrogens (primary N) is 1. The SMILES string of the molecule is Cc1nc(-c2c[nH]c(C(=O)NCC(C)(C)N)c2)cs1. The van der Waals surface area contributed by atoms with Crippen molar-refractivity contribution < 1.29 is 4.79 Å². The van der Waals surface area contributed by atoms with E-state index in [1.165, 1.54) is 0 Å². The molecule has 2 aromatic heterocycles. The van der Waals surface area contributed by atoms with Gasteiger partial charge in [0.25, 0.3) is 5.91 Å². The fourth-order valence-corrected chi connectivity index (χ4v) is 2.19. The standard InChI is InChI=1S/C13H18N4OS/c1-8-17-11(6-19-8)9-4-10(15-5-9)12(18)16-7-13(2,3)14/h4-6,15H,7,14H2,1-3H3,(H,16,18). The highest BCUT2D eigenvalue weighted by Gasteiger charge is 2.15. The van der Waals surface area contributed by atoms with Crippen LogP contribution in [0, 0.1) is 6.92 Å². The zero-order valence-electron chi connectivity index (χ0n) is 11.3. The van der Waals surface area contributed by atoms with E-state index < -0.39 is 5.54 Å². The maximum atomic E-state index is 11.9. The second-order valence-electron chi connectivity index (χ2n) is 5.23. The molecular formula is C13H18N4OS. The minimum Gasteiger partial charge on any atom is -0.357 e. The van der Waals surface area contributed by atoms with Gasteiger partial charge in [0, 0.05) is 29.2 Å². The molecule has 0 aromatic carbocycles. The van der Waals surface area contributed by atoms with Crippen molar-refractivity contribution in [2.45, 2.75) is 26.3 Å². The van der Waals surface area contributed by atoms with Gasteiger partial charge in [0.2, 0.25) is 0 Å². The third kappa shape index (κ3) is 3.65. The molecule has 0 aliphatic carbocycles. The molecule has 0 fully saturated rings. The second-order valence-corrected chi connectivity index (χ2v) is 6.29. The van der Waals surface area contributed by atoms with Crippen LogP contribution in [0.2, 0.25) is 0 Å². The molecule has 0 saturated carbocycles. The van der Waals surface area contributed by atoms with Gasteiger partial charge in [-0.2, -0.15) is 0 Å². The van der Waals surface area contributed by atoms with Crippen molar-refractivity contribution in [2.75, 3.05) is 6.54 Å². The van der Waals surface area contributed by atoms with Crippen LogP contribution in [0.25, 0.3) is 11.3 Å². The Morgan fingerprint density at radius 3 is 2.89 bits per heavy atom. The first-order valence-electron chi connectivity index (χ1n) is 6.03. The summed E-state index contributed by atoms with van der Waals surface area (Å²) in [5.41, 5.74) is 7.73. The minimum atomic E-state index is -0.420. The van der Waals surface area contributed by atoms with Gasteiger partial charge in [-0.25, -0.2) is 4.98 Å². The molecule has 0 atom stereocenters. The van der Waals surface area contributed by atoms with E-state index in [1.54, 1.807) is 23.6 Å². The van der Waals surface area contributed by atoms with Crippen LogP contribution in [0.3, 0.4) is 0 Å². The van der Waals surface area contributed by atoms with Gasteiger partial charge in [0.05, 0.1) is 10.7 Å². The number of aryl methyl sites for hydroxylation is 1. The van der Waals surface area contributed by atoms with Gasteiger partial charge in [0.1, 0.15) is 5.69 Å². The zero-order chi connectivity index (χ0) is 14.0. The van der Waals surface area contributed by atoms with E-state index in [9.17, 15) is 4.79 Å². The molecule has 1 amide bonds. The van der Waals surface area contributed by atoms with Crippen molar-refractivity contribution in [1.82, 2.24) is 15.3 Å². The van der Waals surface area contributed by atoms with Crippen LogP contribution in [0.15, 0.2) is 17.6 Å². The number of aromatic amines is 1. The van der Waals surface area contributed by atoms with E-state index in [-0.39, 0.29) is 5.91 Å². The number of hydrogen-bond acceptors (Lipinski definition) is 4. The highest BCUT2D eigenvalue weighted by Crippen LogP contribution is 2.22. The van der Waals surface area contributed by atoms with E-state index in [0.717, 1.165) is 16.3 Å². The molecule has 5 nitrogen and oxygen atoms in total. The zero-order valence-corrected chi connectivity index (χ0v) is 12.1. The number of thiazole rings is 1. The van der Waals surface area contributed by atoms with E-state index in [2.05, 4.69) is 15.3 Å².